The van der Waals surface area contributed by atoms with Crippen molar-refractivity contribution < 1.29 is 14.7 Å². The van der Waals surface area contributed by atoms with E-state index in [1.165, 1.54) is 12.5 Å². The molecule has 0 aliphatic heterocycles. The molecule has 0 saturated carbocycles. The smallest absolute Gasteiger partial charge is 0.303 e. The van der Waals surface area contributed by atoms with Crippen molar-refractivity contribution in [2.45, 2.75) is 51.9 Å². The molecule has 0 unspecified atom stereocenters. The predicted octanol–water partition coefficient (Wildman–Crippen LogP) is 4.62. The molecule has 0 aromatic carbocycles. The highest BCUT2D eigenvalue weighted by atomic mass is 16.4. The predicted molar refractivity (Wildman–Crippen MR) is 87.2 cm³/mol. The maximum atomic E-state index is 11.3. The lowest BCUT2D eigenvalue weighted by Gasteiger charge is -1.92. The van der Waals surface area contributed by atoms with E-state index in [9.17, 15) is 9.59 Å². The molecular weight excluding hydrogens is 264 g/mol. The fourth-order valence-electron chi connectivity index (χ4n) is 1.55. The summed E-state index contributed by atoms with van der Waals surface area (Å²) in [6, 6.07) is 0. The molecule has 0 amide bonds. The highest BCUT2D eigenvalue weighted by Gasteiger charge is 1.99. The van der Waals surface area contributed by atoms with E-state index < -0.39 is 5.97 Å². The van der Waals surface area contributed by atoms with Crippen LogP contribution in [-0.2, 0) is 9.59 Å². The van der Waals surface area contributed by atoms with Gasteiger partial charge in [0.1, 0.15) is 0 Å². The molecule has 0 heterocycles. The topological polar surface area (TPSA) is 54.4 Å². The Morgan fingerprint density at radius 1 is 0.905 bits per heavy atom. The number of hydrogen-bond acceptors (Lipinski definition) is 2. The van der Waals surface area contributed by atoms with Crippen LogP contribution in [0.3, 0.4) is 0 Å². The van der Waals surface area contributed by atoms with E-state index in [1.54, 1.807) is 6.08 Å². The molecule has 0 aromatic heterocycles. The van der Waals surface area contributed by atoms with E-state index in [0.717, 1.165) is 19.3 Å². The van der Waals surface area contributed by atoms with Gasteiger partial charge in [-0.1, -0.05) is 55.9 Å². The Morgan fingerprint density at radius 3 is 2.24 bits per heavy atom. The first-order chi connectivity index (χ1) is 10.2. The van der Waals surface area contributed by atoms with Gasteiger partial charge in [-0.05, 0) is 31.8 Å². The standard InChI is InChI=1S/C18H26O3/c1-2-3-4-5-6-7-8-9-10-11-12-14-17(19)15-13-16-18(20)21/h4-5,7-8,10-12,14H,2-3,6,9,13,15-16H2,1H3,(H,20,21). The summed E-state index contributed by atoms with van der Waals surface area (Å²) >= 11 is 0. The number of allylic oxidation sites excluding steroid dienone is 8. The Balaban J connectivity index is 3.65. The maximum Gasteiger partial charge on any atom is 0.303 e. The first kappa shape index (κ1) is 19.1. The summed E-state index contributed by atoms with van der Waals surface area (Å²) < 4.78 is 0. The van der Waals surface area contributed by atoms with Crippen LogP contribution in [0.1, 0.15) is 51.9 Å². The van der Waals surface area contributed by atoms with Gasteiger partial charge in [0, 0.05) is 12.8 Å². The minimum atomic E-state index is -0.858. The van der Waals surface area contributed by atoms with Crippen molar-refractivity contribution in [3.05, 3.63) is 48.6 Å². The van der Waals surface area contributed by atoms with Crippen molar-refractivity contribution in [3.63, 3.8) is 0 Å². The molecule has 3 heteroatoms. The Kier molecular flexibility index (Phi) is 13.2. The number of ketones is 1. The van der Waals surface area contributed by atoms with Crippen molar-refractivity contribution in [1.82, 2.24) is 0 Å². The Labute approximate surface area is 127 Å². The number of hydrogen-bond donors (Lipinski definition) is 1. The second-order valence-electron chi connectivity index (χ2n) is 4.70. The van der Waals surface area contributed by atoms with Gasteiger partial charge in [0.25, 0.3) is 0 Å². The lowest BCUT2D eigenvalue weighted by Crippen LogP contribution is -1.97. The monoisotopic (exact) mass is 290 g/mol. The molecule has 0 fully saturated rings. The number of carbonyl (C=O) groups is 2. The highest BCUT2D eigenvalue weighted by molar-refractivity contribution is 5.90. The summed E-state index contributed by atoms with van der Waals surface area (Å²) in [5.74, 6) is -0.888. The van der Waals surface area contributed by atoms with Gasteiger partial charge in [-0.15, -0.1) is 0 Å². The second-order valence-corrected chi connectivity index (χ2v) is 4.70. The second kappa shape index (κ2) is 14.5. The molecule has 3 nitrogen and oxygen atoms in total. The van der Waals surface area contributed by atoms with E-state index in [4.69, 9.17) is 5.11 Å². The third kappa shape index (κ3) is 16.0. The molecule has 0 aliphatic rings. The van der Waals surface area contributed by atoms with Crippen LogP contribution in [0.5, 0.6) is 0 Å². The van der Waals surface area contributed by atoms with Gasteiger partial charge in [0.2, 0.25) is 0 Å². The van der Waals surface area contributed by atoms with Crippen molar-refractivity contribution in [2.24, 2.45) is 0 Å². The van der Waals surface area contributed by atoms with Crippen LogP contribution in [0.4, 0.5) is 0 Å². The number of aliphatic carboxylic acids is 1. The fraction of sp³-hybridized carbons (Fsp3) is 0.444. The summed E-state index contributed by atoms with van der Waals surface area (Å²) in [5, 5.41) is 8.45. The quantitative estimate of drug-likeness (QED) is 0.324. The van der Waals surface area contributed by atoms with Crippen molar-refractivity contribution in [1.29, 1.82) is 0 Å². The van der Waals surface area contributed by atoms with E-state index in [2.05, 4.69) is 31.2 Å². The molecule has 0 saturated heterocycles. The lowest BCUT2D eigenvalue weighted by molar-refractivity contribution is -0.137. The average molecular weight is 290 g/mol. The van der Waals surface area contributed by atoms with Crippen molar-refractivity contribution in [2.75, 3.05) is 0 Å². The molecule has 0 atom stereocenters. The van der Waals surface area contributed by atoms with E-state index >= 15 is 0 Å². The van der Waals surface area contributed by atoms with Crippen molar-refractivity contribution in [3.8, 4) is 0 Å². The molecule has 0 rings (SSSR count). The van der Waals surface area contributed by atoms with Crippen LogP contribution in [0.2, 0.25) is 0 Å². The number of rotatable bonds is 12. The molecule has 0 aromatic rings. The van der Waals surface area contributed by atoms with E-state index in [-0.39, 0.29) is 12.2 Å². The molecule has 116 valence electrons. The van der Waals surface area contributed by atoms with Crippen LogP contribution in [0.25, 0.3) is 0 Å². The van der Waals surface area contributed by atoms with Crippen molar-refractivity contribution >= 4 is 11.8 Å². The normalized spacial score (nSPS) is 12.2. The van der Waals surface area contributed by atoms with Gasteiger partial charge in [0.15, 0.2) is 5.78 Å². The Bertz CT molecular complexity index is 401. The molecule has 0 aliphatic carbocycles. The fourth-order valence-corrected chi connectivity index (χ4v) is 1.55. The summed E-state index contributed by atoms with van der Waals surface area (Å²) in [4.78, 5) is 21.6. The van der Waals surface area contributed by atoms with Crippen LogP contribution in [-0.4, -0.2) is 16.9 Å². The zero-order valence-electron chi connectivity index (χ0n) is 12.8. The van der Waals surface area contributed by atoms with Gasteiger partial charge >= 0.3 is 5.97 Å². The maximum absolute atomic E-state index is 11.3. The minimum Gasteiger partial charge on any atom is -0.481 e. The summed E-state index contributed by atoms with van der Waals surface area (Å²) in [5.41, 5.74) is 0. The number of carboxylic acid groups (broad SMARTS) is 1. The Morgan fingerprint density at radius 2 is 1.57 bits per heavy atom. The highest BCUT2D eigenvalue weighted by Crippen LogP contribution is 1.98. The first-order valence-corrected chi connectivity index (χ1v) is 7.54. The largest absolute Gasteiger partial charge is 0.481 e. The van der Waals surface area contributed by atoms with Gasteiger partial charge in [-0.2, -0.15) is 0 Å². The molecule has 0 bridgehead atoms. The molecule has 21 heavy (non-hydrogen) atoms. The molecule has 0 radical (unpaired) electrons. The number of unbranched alkanes of at least 4 members (excludes halogenated alkanes) is 1. The number of carboxylic acids is 1. The third-order valence-electron chi connectivity index (χ3n) is 2.68. The molecule has 1 N–H and O–H groups in total. The molecule has 0 spiro atoms. The van der Waals surface area contributed by atoms with E-state index in [1.807, 2.05) is 12.2 Å². The van der Waals surface area contributed by atoms with Crippen LogP contribution in [0, 0.1) is 0 Å². The lowest BCUT2D eigenvalue weighted by atomic mass is 10.1. The van der Waals surface area contributed by atoms with Crippen LogP contribution in [0.15, 0.2) is 48.6 Å². The molecular formula is C18H26O3. The Hall–Kier alpha value is -1.90. The van der Waals surface area contributed by atoms with Gasteiger partial charge in [0.05, 0.1) is 0 Å². The van der Waals surface area contributed by atoms with E-state index in [0.29, 0.717) is 12.8 Å². The van der Waals surface area contributed by atoms with Gasteiger partial charge < -0.3 is 5.11 Å². The zero-order valence-corrected chi connectivity index (χ0v) is 12.8. The third-order valence-corrected chi connectivity index (χ3v) is 2.68. The summed E-state index contributed by atoms with van der Waals surface area (Å²) in [7, 11) is 0. The van der Waals surface area contributed by atoms with Crippen LogP contribution < -0.4 is 0 Å². The first-order valence-electron chi connectivity index (χ1n) is 7.54. The number of carbonyl (C=O) groups excluding carboxylic acids is 1. The summed E-state index contributed by atoms with van der Waals surface area (Å²) in [6.07, 6.45) is 20.5. The SMILES string of the molecule is CCCC=CCC=CCC=CC=CC(=O)CCCC(=O)O. The van der Waals surface area contributed by atoms with Crippen LogP contribution >= 0.6 is 0 Å². The van der Waals surface area contributed by atoms with Gasteiger partial charge in [-0.25, -0.2) is 0 Å². The zero-order chi connectivity index (χ0) is 15.8. The average Bonchev–Trinajstić information content (AvgIpc) is 2.44. The van der Waals surface area contributed by atoms with Gasteiger partial charge in [-0.3, -0.25) is 9.59 Å². The minimum absolute atomic E-state index is 0.0301. The summed E-state index contributed by atoms with van der Waals surface area (Å²) in [6.45, 7) is 2.16.